The minimum absolute atomic E-state index is 0.315. The van der Waals surface area contributed by atoms with Crippen LogP contribution in [0.15, 0.2) is 182 Å². The number of aromatic nitrogens is 3. The maximum atomic E-state index is 6.62. The predicted octanol–water partition coefficient (Wildman–Crippen LogP) is 14.9. The van der Waals surface area contributed by atoms with Crippen molar-refractivity contribution < 1.29 is 4.74 Å². The Kier molecular flexibility index (Phi) is 7.97. The lowest BCUT2D eigenvalue weighted by molar-refractivity contribution is -0.0489. The van der Waals surface area contributed by atoms with E-state index in [0.29, 0.717) is 22.9 Å². The Morgan fingerprint density at radius 1 is 0.462 bits per heavy atom. The maximum Gasteiger partial charge on any atom is 0.164 e. The van der Waals surface area contributed by atoms with Crippen LogP contribution in [-0.4, -0.2) is 15.0 Å². The van der Waals surface area contributed by atoms with Gasteiger partial charge in [-0.1, -0.05) is 171 Å². The highest BCUT2D eigenvalue weighted by Crippen LogP contribution is 2.64. The van der Waals surface area contributed by atoms with Crippen molar-refractivity contribution in [2.75, 3.05) is 0 Å². The number of fused-ring (bicyclic) bond motifs is 10. The van der Waals surface area contributed by atoms with E-state index in [2.05, 4.69) is 189 Å². The molecular weight excluding hydrogens is 791 g/mol. The second-order valence-electron chi connectivity index (χ2n) is 19.7. The molecule has 2 atom stereocenters. The van der Waals surface area contributed by atoms with E-state index >= 15 is 0 Å². The number of hydrogen-bond donors (Lipinski definition) is 0. The first-order valence-electron chi connectivity index (χ1n) is 23.6. The van der Waals surface area contributed by atoms with Crippen LogP contribution in [0.25, 0.3) is 67.2 Å². The smallest absolute Gasteiger partial charge is 0.164 e. The summed E-state index contributed by atoms with van der Waals surface area (Å²) in [5.74, 6) is 7.32. The molecule has 4 bridgehead atoms. The van der Waals surface area contributed by atoms with Gasteiger partial charge in [0.05, 0.1) is 5.41 Å². The second kappa shape index (κ2) is 13.9. The Labute approximate surface area is 380 Å². The summed E-state index contributed by atoms with van der Waals surface area (Å²) in [5.41, 5.74) is 13.9. The quantitative estimate of drug-likeness (QED) is 0.173. The number of para-hydroxylation sites is 2. The van der Waals surface area contributed by atoms with E-state index in [1.807, 2.05) is 0 Å². The van der Waals surface area contributed by atoms with Crippen LogP contribution in [0.3, 0.4) is 0 Å². The third-order valence-corrected chi connectivity index (χ3v) is 16.5. The number of ether oxygens (including phenoxy) is 1. The molecule has 2 heterocycles. The fourth-order valence-corrected chi connectivity index (χ4v) is 13.7. The summed E-state index contributed by atoms with van der Waals surface area (Å²) in [6.07, 6.45) is 6.88. The minimum Gasteiger partial charge on any atom is -0.457 e. The Bertz CT molecular complexity index is 3340. The second-order valence-corrected chi connectivity index (χ2v) is 19.7. The summed E-state index contributed by atoms with van der Waals surface area (Å²) in [6.45, 7) is 2.53. The van der Waals surface area contributed by atoms with Crippen molar-refractivity contribution in [2.45, 2.75) is 49.9 Å². The summed E-state index contributed by atoms with van der Waals surface area (Å²) in [6, 6.07) is 66.0. The maximum absolute atomic E-state index is 6.62. The molecule has 4 fully saturated rings. The van der Waals surface area contributed by atoms with Crippen molar-refractivity contribution in [1.29, 1.82) is 0 Å². The van der Waals surface area contributed by atoms with Crippen molar-refractivity contribution in [1.82, 2.24) is 15.0 Å². The molecule has 6 aliphatic rings. The van der Waals surface area contributed by atoms with Gasteiger partial charge in [-0.3, -0.25) is 0 Å². The summed E-state index contributed by atoms with van der Waals surface area (Å²) in [5, 5.41) is 2.29. The highest BCUT2D eigenvalue weighted by Gasteiger charge is 2.55. The summed E-state index contributed by atoms with van der Waals surface area (Å²) >= 11 is 0. The van der Waals surface area contributed by atoms with Gasteiger partial charge in [0.2, 0.25) is 0 Å². The van der Waals surface area contributed by atoms with Gasteiger partial charge >= 0.3 is 0 Å². The van der Waals surface area contributed by atoms with Crippen molar-refractivity contribution >= 4 is 10.8 Å². The standard InChI is InChI=1S/C61H47N3O/c1-37-43-31-38-32-44(37)36-60(34-38,35-43)45-29-27-40(28-30-45)57-62-58(64-59(63-57)48-20-11-14-39-13-2-3-17-46(39)48)42-16-10-15-41(33-42)47-19-12-24-53-56(47)49-18-4-5-21-50(49)61(53)51-22-6-8-25-54(51)65-55-26-9-7-23-52(55)61/h2-30,33,37-38,43-44H,31-32,34-36H2,1H3. The van der Waals surface area contributed by atoms with E-state index in [-0.39, 0.29) is 0 Å². The van der Waals surface area contributed by atoms with Crippen molar-refractivity contribution in [2.24, 2.45) is 23.7 Å². The third kappa shape index (κ3) is 5.40. The third-order valence-electron chi connectivity index (χ3n) is 16.5. The molecule has 8 aromatic carbocycles. The van der Waals surface area contributed by atoms with Gasteiger partial charge in [-0.15, -0.1) is 0 Å². The van der Waals surface area contributed by atoms with Gasteiger partial charge in [0.25, 0.3) is 0 Å². The molecule has 0 saturated heterocycles. The van der Waals surface area contributed by atoms with Crippen LogP contribution < -0.4 is 4.74 Å². The highest BCUT2D eigenvalue weighted by molar-refractivity contribution is 5.98. The lowest BCUT2D eigenvalue weighted by atomic mass is 9.45. The molecule has 9 aromatic rings. The van der Waals surface area contributed by atoms with Crippen LogP contribution >= 0.6 is 0 Å². The molecule has 312 valence electrons. The Morgan fingerprint density at radius 3 is 1.82 bits per heavy atom. The zero-order valence-corrected chi connectivity index (χ0v) is 36.4. The molecule has 15 rings (SSSR count). The van der Waals surface area contributed by atoms with Crippen molar-refractivity contribution in [3.8, 4) is 67.9 Å². The van der Waals surface area contributed by atoms with Crippen LogP contribution in [0, 0.1) is 23.7 Å². The zero-order valence-electron chi connectivity index (χ0n) is 36.4. The van der Waals surface area contributed by atoms with E-state index in [4.69, 9.17) is 19.7 Å². The summed E-state index contributed by atoms with van der Waals surface area (Å²) in [7, 11) is 0. The van der Waals surface area contributed by atoms with E-state index in [0.717, 1.165) is 79.3 Å². The predicted molar refractivity (Wildman–Crippen MR) is 261 cm³/mol. The van der Waals surface area contributed by atoms with E-state index in [9.17, 15) is 0 Å². The topological polar surface area (TPSA) is 47.9 Å². The Balaban J connectivity index is 0.920. The number of benzene rings is 8. The fraction of sp³-hybridized carbons (Fsp3) is 0.197. The fourth-order valence-electron chi connectivity index (χ4n) is 13.7. The first-order chi connectivity index (χ1) is 32.0. The molecule has 0 amide bonds. The molecule has 1 aromatic heterocycles. The van der Waals surface area contributed by atoms with Gasteiger partial charge in [-0.05, 0) is 129 Å². The molecule has 4 nitrogen and oxygen atoms in total. The molecule has 2 unspecified atom stereocenters. The lowest BCUT2D eigenvalue weighted by Crippen LogP contribution is -2.52. The van der Waals surface area contributed by atoms with Gasteiger partial charge in [-0.25, -0.2) is 15.0 Å². The average Bonchev–Trinajstić information content (AvgIpc) is 3.66. The average molecular weight is 838 g/mol. The molecule has 4 heteroatoms. The molecule has 5 aliphatic carbocycles. The van der Waals surface area contributed by atoms with Crippen LogP contribution in [0.4, 0.5) is 0 Å². The molecule has 65 heavy (non-hydrogen) atoms. The largest absolute Gasteiger partial charge is 0.457 e. The van der Waals surface area contributed by atoms with E-state index in [1.54, 1.807) is 0 Å². The van der Waals surface area contributed by atoms with E-state index in [1.165, 1.54) is 65.5 Å². The molecule has 0 radical (unpaired) electrons. The number of nitrogens with zero attached hydrogens (tertiary/aromatic N) is 3. The van der Waals surface area contributed by atoms with Crippen LogP contribution in [0.2, 0.25) is 0 Å². The van der Waals surface area contributed by atoms with Crippen LogP contribution in [0.1, 0.15) is 66.8 Å². The van der Waals surface area contributed by atoms with Crippen LogP contribution in [-0.2, 0) is 10.8 Å². The first kappa shape index (κ1) is 37.2. The summed E-state index contributed by atoms with van der Waals surface area (Å²) in [4.78, 5) is 16.0. The van der Waals surface area contributed by atoms with Crippen molar-refractivity contribution in [3.05, 3.63) is 210 Å². The van der Waals surface area contributed by atoms with E-state index < -0.39 is 5.41 Å². The minimum atomic E-state index is -0.537. The zero-order chi connectivity index (χ0) is 42.9. The van der Waals surface area contributed by atoms with Gasteiger partial charge in [0.15, 0.2) is 17.5 Å². The molecule has 1 aliphatic heterocycles. The van der Waals surface area contributed by atoms with Gasteiger partial charge < -0.3 is 4.74 Å². The first-order valence-corrected chi connectivity index (χ1v) is 23.6. The Morgan fingerprint density at radius 2 is 1.03 bits per heavy atom. The monoisotopic (exact) mass is 837 g/mol. The van der Waals surface area contributed by atoms with Gasteiger partial charge in [-0.2, -0.15) is 0 Å². The van der Waals surface area contributed by atoms with Crippen molar-refractivity contribution in [3.63, 3.8) is 0 Å². The molecule has 1 spiro atoms. The molecule has 4 saturated carbocycles. The van der Waals surface area contributed by atoms with Gasteiger partial charge in [0, 0.05) is 27.8 Å². The summed E-state index contributed by atoms with van der Waals surface area (Å²) < 4.78 is 6.62. The number of rotatable bonds is 5. The van der Waals surface area contributed by atoms with Crippen LogP contribution in [0.5, 0.6) is 11.5 Å². The SMILES string of the molecule is CC1C2CC3CC1CC(c1ccc(-c4nc(-c5cccc(-c6cccc7c6-c6ccccc6C76c7ccccc7Oc7ccccc76)c5)nc(-c5cccc6ccccc56)n4)cc1)(C3)C2. The Hall–Kier alpha value is -7.17. The van der Waals surface area contributed by atoms with Gasteiger partial charge in [0.1, 0.15) is 11.5 Å². The molecule has 0 N–H and O–H groups in total. The lowest BCUT2D eigenvalue weighted by Gasteiger charge is -2.60. The highest BCUT2D eigenvalue weighted by atomic mass is 16.5. The number of hydrogen-bond acceptors (Lipinski definition) is 4. The normalized spacial score (nSPS) is 22.5. The molecular formula is C61H47N3O.